The van der Waals surface area contributed by atoms with Crippen molar-refractivity contribution in [3.8, 4) is 0 Å². The molecule has 0 aliphatic heterocycles. The van der Waals surface area contributed by atoms with Gasteiger partial charge in [-0.05, 0) is 79.1 Å². The van der Waals surface area contributed by atoms with Crippen molar-refractivity contribution in [2.45, 2.75) is 6.92 Å². The molecule has 5 aromatic rings. The average Bonchev–Trinajstić information content (AvgIpc) is 3.75. The normalized spacial score (nSPS) is 11.1. The average molecular weight is 591 g/mol. The van der Waals surface area contributed by atoms with Gasteiger partial charge in [-0.3, -0.25) is 9.59 Å². The Labute approximate surface area is 245 Å². The van der Waals surface area contributed by atoms with Gasteiger partial charge in [-0.15, -0.1) is 11.3 Å². The SMILES string of the molecule is C=C(C)C(=O)n1nccc1/C=C/c1c(Cl)cccc1Cl.Cn1cccc1C(=O)n1ccc(/C=C/c2cccs2)n1. The Balaban J connectivity index is 0.000000185. The predicted octanol–water partition coefficient (Wildman–Crippen LogP) is 7.72. The molecule has 4 aromatic heterocycles. The van der Waals surface area contributed by atoms with E-state index in [1.54, 1.807) is 77.7 Å². The molecular weight excluding hydrogens is 565 g/mol. The van der Waals surface area contributed by atoms with Crippen LogP contribution in [-0.4, -0.2) is 35.9 Å². The lowest BCUT2D eigenvalue weighted by molar-refractivity contribution is 0.0930. The second-order valence-electron chi connectivity index (χ2n) is 8.57. The molecule has 0 bridgehead atoms. The minimum absolute atomic E-state index is 0.131. The third kappa shape index (κ3) is 7.04. The molecular formula is C30H25Cl2N5O2S. The van der Waals surface area contributed by atoms with E-state index >= 15 is 0 Å². The molecule has 0 amide bonds. The Hall–Kier alpha value is -4.24. The van der Waals surface area contributed by atoms with Crippen molar-refractivity contribution in [3.63, 3.8) is 0 Å². The van der Waals surface area contributed by atoms with Crippen molar-refractivity contribution < 1.29 is 9.59 Å². The molecule has 0 N–H and O–H groups in total. The van der Waals surface area contributed by atoms with Gasteiger partial charge in [0.2, 0.25) is 0 Å². The van der Waals surface area contributed by atoms with Gasteiger partial charge >= 0.3 is 0 Å². The minimum atomic E-state index is -0.250. The Morgan fingerprint density at radius 2 is 1.70 bits per heavy atom. The molecule has 5 rings (SSSR count). The number of aryl methyl sites for hydroxylation is 1. The summed E-state index contributed by atoms with van der Waals surface area (Å²) in [5, 5.41) is 11.4. The van der Waals surface area contributed by atoms with E-state index < -0.39 is 0 Å². The molecule has 0 saturated heterocycles. The zero-order chi connectivity index (χ0) is 28.6. The fourth-order valence-corrected chi connectivity index (χ4v) is 4.66. The summed E-state index contributed by atoms with van der Waals surface area (Å²) in [6, 6.07) is 16.5. The smallest absolute Gasteiger partial charge is 0.294 e. The molecule has 7 nitrogen and oxygen atoms in total. The van der Waals surface area contributed by atoms with Crippen LogP contribution in [0.1, 0.15) is 44.0 Å². The van der Waals surface area contributed by atoms with Crippen LogP contribution in [0.5, 0.6) is 0 Å². The number of hydrogen-bond donors (Lipinski definition) is 0. The molecule has 202 valence electrons. The lowest BCUT2D eigenvalue weighted by Gasteiger charge is -2.03. The zero-order valence-corrected chi connectivity index (χ0v) is 24.1. The van der Waals surface area contributed by atoms with E-state index in [4.69, 9.17) is 23.2 Å². The molecule has 0 fully saturated rings. The zero-order valence-electron chi connectivity index (χ0n) is 21.7. The van der Waals surface area contributed by atoms with E-state index in [0.29, 0.717) is 32.6 Å². The molecule has 0 unspecified atom stereocenters. The van der Waals surface area contributed by atoms with Gasteiger partial charge in [-0.1, -0.05) is 41.9 Å². The van der Waals surface area contributed by atoms with E-state index in [-0.39, 0.29) is 11.8 Å². The van der Waals surface area contributed by atoms with Gasteiger partial charge in [0, 0.05) is 45.5 Å². The number of carbonyl (C=O) groups excluding carboxylic acids is 2. The van der Waals surface area contributed by atoms with Gasteiger partial charge in [0.25, 0.3) is 11.8 Å². The lowest BCUT2D eigenvalue weighted by atomic mass is 10.2. The Kier molecular flexibility index (Phi) is 9.50. The first-order valence-corrected chi connectivity index (χ1v) is 13.7. The fourth-order valence-electron chi connectivity index (χ4n) is 3.52. The number of hydrogen-bond acceptors (Lipinski definition) is 5. The summed E-state index contributed by atoms with van der Waals surface area (Å²) in [6.07, 6.45) is 12.5. The molecule has 10 heteroatoms. The van der Waals surface area contributed by atoms with E-state index in [9.17, 15) is 9.59 Å². The van der Waals surface area contributed by atoms with Crippen LogP contribution >= 0.6 is 34.5 Å². The van der Waals surface area contributed by atoms with Crippen LogP contribution in [-0.2, 0) is 7.05 Å². The monoisotopic (exact) mass is 589 g/mol. The van der Waals surface area contributed by atoms with E-state index in [2.05, 4.69) is 16.8 Å². The van der Waals surface area contributed by atoms with E-state index in [1.165, 1.54) is 9.36 Å². The number of rotatable bonds is 6. The van der Waals surface area contributed by atoms with Crippen molar-refractivity contribution in [2.75, 3.05) is 0 Å². The molecule has 0 saturated carbocycles. The van der Waals surface area contributed by atoms with Gasteiger partial charge in [-0.25, -0.2) is 4.68 Å². The molecule has 0 aliphatic carbocycles. The third-order valence-electron chi connectivity index (χ3n) is 5.59. The Morgan fingerprint density at radius 3 is 2.35 bits per heavy atom. The van der Waals surface area contributed by atoms with Crippen LogP contribution in [0.2, 0.25) is 10.0 Å². The van der Waals surface area contributed by atoms with Crippen molar-refractivity contribution in [1.82, 2.24) is 24.1 Å². The second-order valence-corrected chi connectivity index (χ2v) is 10.4. The topological polar surface area (TPSA) is 74.7 Å². The molecule has 0 spiro atoms. The molecule has 0 aliphatic rings. The first-order valence-electron chi connectivity index (χ1n) is 12.0. The number of carbonyl (C=O) groups is 2. The lowest BCUT2D eigenvalue weighted by Crippen LogP contribution is -2.15. The molecule has 1 aromatic carbocycles. The highest BCUT2D eigenvalue weighted by molar-refractivity contribution is 7.10. The number of allylic oxidation sites excluding steroid dienone is 1. The minimum Gasteiger partial charge on any atom is -0.347 e. The maximum Gasteiger partial charge on any atom is 0.294 e. The van der Waals surface area contributed by atoms with Gasteiger partial charge < -0.3 is 4.57 Å². The molecule has 0 radical (unpaired) electrons. The number of aromatic nitrogens is 5. The van der Waals surface area contributed by atoms with Crippen LogP contribution < -0.4 is 0 Å². The number of nitrogens with zero attached hydrogens (tertiary/aromatic N) is 5. The quantitative estimate of drug-likeness (QED) is 0.190. The highest BCUT2D eigenvalue weighted by Crippen LogP contribution is 2.26. The van der Waals surface area contributed by atoms with Crippen LogP contribution in [0.15, 0.2) is 90.7 Å². The van der Waals surface area contributed by atoms with Crippen LogP contribution in [0.3, 0.4) is 0 Å². The van der Waals surface area contributed by atoms with Crippen molar-refractivity contribution in [2.24, 2.45) is 7.05 Å². The van der Waals surface area contributed by atoms with Crippen LogP contribution in [0, 0.1) is 0 Å². The fraction of sp³-hybridized carbons (Fsp3) is 0.0667. The van der Waals surface area contributed by atoms with Gasteiger partial charge in [0.15, 0.2) is 0 Å². The maximum absolute atomic E-state index is 12.2. The molecule has 40 heavy (non-hydrogen) atoms. The van der Waals surface area contributed by atoms with Crippen molar-refractivity contribution >= 4 is 70.7 Å². The summed E-state index contributed by atoms with van der Waals surface area (Å²) in [6.45, 7) is 5.26. The summed E-state index contributed by atoms with van der Waals surface area (Å²) >= 11 is 13.8. The number of thiophene rings is 1. The van der Waals surface area contributed by atoms with Gasteiger partial charge in [-0.2, -0.15) is 14.9 Å². The first-order chi connectivity index (χ1) is 19.2. The number of benzene rings is 1. The first kappa shape index (κ1) is 28.8. The summed E-state index contributed by atoms with van der Waals surface area (Å²) in [5.41, 5.74) is 3.13. The molecule has 0 atom stereocenters. The summed E-state index contributed by atoms with van der Waals surface area (Å²) in [5.74, 6) is -0.381. The predicted molar refractivity (Wildman–Crippen MR) is 164 cm³/mol. The largest absolute Gasteiger partial charge is 0.347 e. The Morgan fingerprint density at radius 1 is 0.925 bits per heavy atom. The van der Waals surface area contributed by atoms with Gasteiger partial charge in [0.05, 0.1) is 17.6 Å². The summed E-state index contributed by atoms with van der Waals surface area (Å²) in [4.78, 5) is 25.3. The Bertz CT molecular complexity index is 1690. The van der Waals surface area contributed by atoms with E-state index in [0.717, 1.165) is 10.6 Å². The maximum atomic E-state index is 12.2. The van der Waals surface area contributed by atoms with Crippen LogP contribution in [0.4, 0.5) is 0 Å². The van der Waals surface area contributed by atoms with Crippen molar-refractivity contribution in [1.29, 1.82) is 0 Å². The summed E-state index contributed by atoms with van der Waals surface area (Å²) in [7, 11) is 1.84. The van der Waals surface area contributed by atoms with Crippen LogP contribution in [0.25, 0.3) is 24.3 Å². The third-order valence-corrected chi connectivity index (χ3v) is 7.09. The standard InChI is InChI=1S/C15H12Cl2N2O.C15H13N3OS/c1-10(2)15(20)19-11(8-9-18-19)6-7-12-13(16)4-3-5-14(12)17;1-17-9-2-5-14(17)15(19)18-10-8-12(16-18)6-7-13-4-3-11-20-13/h3-9H,1H2,2H3;2-11H,1H3/b2*7-6+. The highest BCUT2D eigenvalue weighted by Gasteiger charge is 2.12. The number of halogens is 2. The molecule has 4 heterocycles. The highest BCUT2D eigenvalue weighted by atomic mass is 35.5. The summed E-state index contributed by atoms with van der Waals surface area (Å²) < 4.78 is 4.43. The van der Waals surface area contributed by atoms with Crippen molar-refractivity contribution in [3.05, 3.63) is 128 Å². The second kappa shape index (κ2) is 13.2. The van der Waals surface area contributed by atoms with E-state index in [1.807, 2.05) is 55.0 Å². The van der Waals surface area contributed by atoms with Gasteiger partial charge in [0.1, 0.15) is 5.69 Å².